The molecule has 2 heterocycles. The van der Waals surface area contributed by atoms with Crippen molar-refractivity contribution in [3.05, 3.63) is 80.6 Å². The summed E-state index contributed by atoms with van der Waals surface area (Å²) in [5, 5.41) is 10.4. The van der Waals surface area contributed by atoms with Gasteiger partial charge in [-0.1, -0.05) is 11.8 Å². The molecule has 192 valence electrons. The number of nitro benzene ring substituents is 1. The smallest absolute Gasteiger partial charge is 0.359 e. The molecule has 0 unspecified atom stereocenters. The zero-order chi connectivity index (χ0) is 26.9. The molecule has 37 heavy (non-hydrogen) atoms. The number of β-lactam (4-membered cyclic amide) rings is 1. The van der Waals surface area contributed by atoms with Gasteiger partial charge in [-0.3, -0.25) is 29.4 Å². The predicted molar refractivity (Wildman–Crippen MR) is 128 cm³/mol. The number of hydrogen-bond donors (Lipinski definition) is 1. The molecule has 12 nitrogen and oxygen atoms in total. The fourth-order valence-electron chi connectivity index (χ4n) is 3.86. The highest BCUT2D eigenvalue weighted by molar-refractivity contribution is 8.03. The molecular formula is C24H21N3O9S. The summed E-state index contributed by atoms with van der Waals surface area (Å²) in [6.07, 6.45) is -0.731. The van der Waals surface area contributed by atoms with Crippen LogP contribution in [-0.4, -0.2) is 45.1 Å². The second-order valence-electron chi connectivity index (χ2n) is 8.18. The SMILES string of the molecule is CC(=O)O[C@H](C)[C@H]1C(=O)N2C(C(=O)OCc3ccc([N+](=O)[O-])cc3)=C(Oc3ccc(C(N)=O)cc3)S[C@H]12. The van der Waals surface area contributed by atoms with Gasteiger partial charge in [0.2, 0.25) is 11.8 Å². The molecule has 2 aliphatic rings. The molecule has 0 aliphatic carbocycles. The topological polar surface area (TPSA) is 168 Å². The minimum Gasteiger partial charge on any atom is -0.462 e. The molecule has 2 aliphatic heterocycles. The van der Waals surface area contributed by atoms with Crippen LogP contribution in [0.2, 0.25) is 0 Å². The zero-order valence-electron chi connectivity index (χ0n) is 19.6. The summed E-state index contributed by atoms with van der Waals surface area (Å²) < 4.78 is 16.5. The molecule has 0 bridgehead atoms. The maximum atomic E-state index is 13.1. The van der Waals surface area contributed by atoms with Gasteiger partial charge < -0.3 is 19.9 Å². The standard InChI is InChI=1S/C24H21N3O9S/c1-12(35-13(2)28)18-21(30)26-19(23(31)34-11-14-3-7-16(8-4-14)27(32)33)24(37-22(18)26)36-17-9-5-15(6-10-17)20(25)29/h3-10,12,18,22H,11H2,1-2H3,(H2,25,29)/t12-,18+,22-/m1/s1. The van der Waals surface area contributed by atoms with E-state index in [0.29, 0.717) is 5.56 Å². The first kappa shape index (κ1) is 25.7. The van der Waals surface area contributed by atoms with Crippen molar-refractivity contribution in [1.29, 1.82) is 0 Å². The Labute approximate surface area is 214 Å². The lowest BCUT2D eigenvalue weighted by molar-refractivity contribution is -0.384. The second-order valence-corrected chi connectivity index (χ2v) is 9.27. The molecule has 0 saturated carbocycles. The number of carbonyl (C=O) groups excluding carboxylic acids is 4. The number of non-ortho nitro benzene ring substituents is 1. The van der Waals surface area contributed by atoms with Crippen molar-refractivity contribution in [2.75, 3.05) is 0 Å². The minimum atomic E-state index is -0.843. The predicted octanol–water partition coefficient (Wildman–Crippen LogP) is 2.47. The van der Waals surface area contributed by atoms with Crippen molar-refractivity contribution in [3.63, 3.8) is 0 Å². The van der Waals surface area contributed by atoms with E-state index in [4.69, 9.17) is 19.9 Å². The second kappa shape index (κ2) is 10.3. The van der Waals surface area contributed by atoms with Gasteiger partial charge in [0, 0.05) is 24.6 Å². The van der Waals surface area contributed by atoms with Crippen molar-refractivity contribution >= 4 is 41.2 Å². The Hall–Kier alpha value is -4.39. The van der Waals surface area contributed by atoms with E-state index in [1.165, 1.54) is 60.4 Å². The van der Waals surface area contributed by atoms with E-state index in [2.05, 4.69) is 0 Å². The molecule has 13 heteroatoms. The van der Waals surface area contributed by atoms with Crippen LogP contribution in [0.15, 0.2) is 59.3 Å². The summed E-state index contributed by atoms with van der Waals surface area (Å²) in [6.45, 7) is 2.63. The van der Waals surface area contributed by atoms with Crippen LogP contribution in [0.5, 0.6) is 5.75 Å². The number of fused-ring (bicyclic) bond motifs is 1. The number of amides is 2. The van der Waals surface area contributed by atoms with E-state index in [1.807, 2.05) is 0 Å². The molecule has 0 radical (unpaired) electrons. The van der Waals surface area contributed by atoms with Gasteiger partial charge in [-0.05, 0) is 48.9 Å². The number of nitrogens with two attached hydrogens (primary N) is 1. The van der Waals surface area contributed by atoms with Gasteiger partial charge in [-0.25, -0.2) is 4.79 Å². The lowest BCUT2D eigenvalue weighted by atomic mass is 9.92. The van der Waals surface area contributed by atoms with Crippen molar-refractivity contribution in [2.45, 2.75) is 31.9 Å². The summed E-state index contributed by atoms with van der Waals surface area (Å²) in [4.78, 5) is 60.4. The third-order valence-corrected chi connectivity index (χ3v) is 6.90. The van der Waals surface area contributed by atoms with Gasteiger partial charge >= 0.3 is 11.9 Å². The monoisotopic (exact) mass is 527 g/mol. The van der Waals surface area contributed by atoms with E-state index in [9.17, 15) is 29.3 Å². The van der Waals surface area contributed by atoms with Gasteiger partial charge in [-0.15, -0.1) is 0 Å². The largest absolute Gasteiger partial charge is 0.462 e. The Morgan fingerprint density at radius 3 is 2.35 bits per heavy atom. The van der Waals surface area contributed by atoms with E-state index in [0.717, 1.165) is 11.8 Å². The van der Waals surface area contributed by atoms with Gasteiger partial charge in [0.15, 0.2) is 10.8 Å². The first-order chi connectivity index (χ1) is 17.6. The first-order valence-corrected chi connectivity index (χ1v) is 11.8. The Kier molecular flexibility index (Phi) is 7.16. The van der Waals surface area contributed by atoms with Crippen LogP contribution in [0.4, 0.5) is 5.69 Å². The molecule has 2 aromatic carbocycles. The van der Waals surface area contributed by atoms with Crippen LogP contribution in [-0.2, 0) is 30.5 Å². The van der Waals surface area contributed by atoms with Gasteiger partial charge in [0.05, 0.1) is 4.92 Å². The third kappa shape index (κ3) is 5.26. The van der Waals surface area contributed by atoms with Crippen LogP contribution < -0.4 is 10.5 Å². The normalized spacial score (nSPS) is 19.0. The molecular weight excluding hydrogens is 506 g/mol. The third-order valence-electron chi connectivity index (χ3n) is 5.66. The maximum Gasteiger partial charge on any atom is 0.359 e. The molecule has 1 fully saturated rings. The van der Waals surface area contributed by atoms with Crippen LogP contribution >= 0.6 is 11.8 Å². The number of hydrogen-bond acceptors (Lipinski definition) is 10. The van der Waals surface area contributed by atoms with E-state index in [-0.39, 0.29) is 34.4 Å². The summed E-state index contributed by atoms with van der Waals surface area (Å²) in [7, 11) is 0. The highest BCUT2D eigenvalue weighted by Gasteiger charge is 2.59. The lowest BCUT2D eigenvalue weighted by Crippen LogP contribution is -2.61. The number of benzene rings is 2. The Morgan fingerprint density at radius 1 is 1.14 bits per heavy atom. The van der Waals surface area contributed by atoms with Crippen LogP contribution in [0, 0.1) is 16.0 Å². The number of primary amides is 1. The molecule has 3 atom stereocenters. The summed E-state index contributed by atoms with van der Waals surface area (Å²) in [6, 6.07) is 11.4. The molecule has 4 rings (SSSR count). The Bertz CT molecular complexity index is 1310. The van der Waals surface area contributed by atoms with E-state index < -0.39 is 46.1 Å². The Balaban J connectivity index is 1.56. The van der Waals surface area contributed by atoms with Crippen LogP contribution in [0.1, 0.15) is 29.8 Å². The zero-order valence-corrected chi connectivity index (χ0v) is 20.4. The summed E-state index contributed by atoms with van der Waals surface area (Å²) in [5.74, 6) is -2.85. The number of esters is 2. The molecule has 0 spiro atoms. The number of rotatable bonds is 9. The highest BCUT2D eigenvalue weighted by Crippen LogP contribution is 2.51. The fraction of sp³-hybridized carbons (Fsp3) is 0.250. The fourth-order valence-corrected chi connectivity index (χ4v) is 5.32. The van der Waals surface area contributed by atoms with Crippen molar-refractivity contribution in [3.8, 4) is 5.75 Å². The van der Waals surface area contributed by atoms with Gasteiger partial charge in [-0.2, -0.15) is 0 Å². The molecule has 1 saturated heterocycles. The number of ether oxygens (including phenoxy) is 3. The van der Waals surface area contributed by atoms with Crippen LogP contribution in [0.25, 0.3) is 0 Å². The average Bonchev–Trinajstić information content (AvgIpc) is 3.16. The lowest BCUT2D eigenvalue weighted by Gasteiger charge is -2.44. The van der Waals surface area contributed by atoms with Gasteiger partial charge in [0.25, 0.3) is 5.69 Å². The molecule has 2 N–H and O–H groups in total. The van der Waals surface area contributed by atoms with E-state index in [1.54, 1.807) is 6.92 Å². The van der Waals surface area contributed by atoms with Crippen molar-refractivity contribution < 1.29 is 38.3 Å². The Morgan fingerprint density at radius 2 is 1.78 bits per heavy atom. The van der Waals surface area contributed by atoms with Crippen molar-refractivity contribution in [2.24, 2.45) is 11.7 Å². The first-order valence-electron chi connectivity index (χ1n) is 11.0. The maximum absolute atomic E-state index is 13.1. The summed E-state index contributed by atoms with van der Waals surface area (Å²) in [5.41, 5.74) is 5.80. The molecule has 0 aromatic heterocycles. The summed E-state index contributed by atoms with van der Waals surface area (Å²) >= 11 is 1.10. The number of thioether (sulfide) groups is 1. The number of carbonyl (C=O) groups is 4. The van der Waals surface area contributed by atoms with Gasteiger partial charge in [0.1, 0.15) is 29.8 Å². The minimum absolute atomic E-state index is 0.0939. The molecule has 2 aromatic rings. The van der Waals surface area contributed by atoms with E-state index >= 15 is 0 Å². The van der Waals surface area contributed by atoms with Crippen molar-refractivity contribution in [1.82, 2.24) is 4.90 Å². The molecule has 2 amide bonds. The number of nitro groups is 1. The highest BCUT2D eigenvalue weighted by atomic mass is 32.2. The number of nitrogens with zero attached hydrogens (tertiary/aromatic N) is 2. The average molecular weight is 528 g/mol. The van der Waals surface area contributed by atoms with Crippen LogP contribution in [0.3, 0.4) is 0 Å². The quantitative estimate of drug-likeness (QED) is 0.221.